The second-order valence-corrected chi connectivity index (χ2v) is 7.76. The van der Waals surface area contributed by atoms with Gasteiger partial charge in [0.2, 0.25) is 0 Å². The fourth-order valence-corrected chi connectivity index (χ4v) is 3.55. The van der Waals surface area contributed by atoms with Crippen LogP contribution in [-0.4, -0.2) is 20.7 Å². The van der Waals surface area contributed by atoms with Crippen LogP contribution in [-0.2, 0) is 0 Å². The lowest BCUT2D eigenvalue weighted by molar-refractivity contribution is 0.628. The maximum absolute atomic E-state index is 14.7. The largest absolute Gasteiger partial charge is 0.256 e. The van der Waals surface area contributed by atoms with Crippen molar-refractivity contribution in [3.05, 3.63) is 89.6 Å². The molecule has 154 valence electrons. The predicted octanol–water partition coefficient (Wildman–Crippen LogP) is 6.62. The first-order chi connectivity index (χ1) is 14.8. The standard InChI is InChI=1S/C26H23FN4/c1-15(2)30-25-16(3)11-21(13-23(25)27)17(4)22-14-29-26(31-18(22)5)20-8-9-24-19(12-20)7-6-10-28-24/h6-14H,4H2,1-3,5H3. The van der Waals surface area contributed by atoms with E-state index in [0.717, 1.165) is 39.0 Å². The molecule has 0 fully saturated rings. The van der Waals surface area contributed by atoms with Gasteiger partial charge in [0.15, 0.2) is 5.82 Å². The fraction of sp³-hybridized carbons (Fsp3) is 0.154. The third kappa shape index (κ3) is 4.12. The molecular formula is C26H23FN4. The van der Waals surface area contributed by atoms with Crippen molar-refractivity contribution in [3.8, 4) is 11.4 Å². The van der Waals surface area contributed by atoms with Crippen LogP contribution in [0.25, 0.3) is 27.9 Å². The smallest absolute Gasteiger partial charge is 0.159 e. The maximum atomic E-state index is 14.7. The first-order valence-electron chi connectivity index (χ1n) is 10.0. The number of aliphatic imine (C=N–C) groups is 1. The van der Waals surface area contributed by atoms with Crippen LogP contribution in [0.3, 0.4) is 0 Å². The minimum Gasteiger partial charge on any atom is -0.256 e. The lowest BCUT2D eigenvalue weighted by Gasteiger charge is -2.13. The van der Waals surface area contributed by atoms with Gasteiger partial charge in [0.05, 0.1) is 5.52 Å². The van der Waals surface area contributed by atoms with E-state index in [-0.39, 0.29) is 5.82 Å². The molecule has 0 amide bonds. The Hall–Kier alpha value is -3.73. The number of benzene rings is 2. The molecule has 2 aromatic heterocycles. The minimum absolute atomic E-state index is 0.364. The van der Waals surface area contributed by atoms with Gasteiger partial charge in [-0.1, -0.05) is 12.6 Å². The van der Waals surface area contributed by atoms with Gasteiger partial charge in [-0.2, -0.15) is 0 Å². The van der Waals surface area contributed by atoms with Crippen LogP contribution in [0.1, 0.15) is 36.2 Å². The minimum atomic E-state index is -0.364. The summed E-state index contributed by atoms with van der Waals surface area (Å²) in [6.45, 7) is 11.6. The summed E-state index contributed by atoms with van der Waals surface area (Å²) in [6, 6.07) is 13.2. The molecule has 0 radical (unpaired) electrons. The number of fused-ring (bicyclic) bond motifs is 1. The van der Waals surface area contributed by atoms with Crippen LogP contribution >= 0.6 is 0 Å². The van der Waals surface area contributed by atoms with Crippen molar-refractivity contribution >= 4 is 27.9 Å². The summed E-state index contributed by atoms with van der Waals surface area (Å²) in [4.78, 5) is 17.9. The predicted molar refractivity (Wildman–Crippen MR) is 125 cm³/mol. The van der Waals surface area contributed by atoms with E-state index >= 15 is 0 Å². The normalized spacial score (nSPS) is 10.9. The van der Waals surface area contributed by atoms with Crippen molar-refractivity contribution in [2.75, 3.05) is 0 Å². The van der Waals surface area contributed by atoms with Gasteiger partial charge in [0, 0.05) is 40.3 Å². The summed E-state index contributed by atoms with van der Waals surface area (Å²) in [6.07, 6.45) is 3.53. The second kappa shape index (κ2) is 8.19. The molecule has 5 heteroatoms. The van der Waals surface area contributed by atoms with Crippen LogP contribution in [0.5, 0.6) is 0 Å². The lowest BCUT2D eigenvalue weighted by Crippen LogP contribution is -1.99. The second-order valence-electron chi connectivity index (χ2n) is 7.76. The summed E-state index contributed by atoms with van der Waals surface area (Å²) in [5.74, 6) is 0.266. The maximum Gasteiger partial charge on any atom is 0.159 e. The van der Waals surface area contributed by atoms with Gasteiger partial charge in [-0.3, -0.25) is 9.98 Å². The number of aromatic nitrogens is 3. The number of hydrogen-bond acceptors (Lipinski definition) is 4. The fourth-order valence-electron chi connectivity index (χ4n) is 3.55. The molecule has 0 aliphatic rings. The Morgan fingerprint density at radius 3 is 2.55 bits per heavy atom. The van der Waals surface area contributed by atoms with Crippen molar-refractivity contribution in [3.63, 3.8) is 0 Å². The number of hydrogen-bond donors (Lipinski definition) is 0. The van der Waals surface area contributed by atoms with E-state index in [4.69, 9.17) is 4.98 Å². The van der Waals surface area contributed by atoms with Gasteiger partial charge in [-0.25, -0.2) is 14.4 Å². The van der Waals surface area contributed by atoms with E-state index in [1.54, 1.807) is 12.4 Å². The zero-order chi connectivity index (χ0) is 22.1. The van der Waals surface area contributed by atoms with Gasteiger partial charge < -0.3 is 0 Å². The molecule has 0 N–H and O–H groups in total. The van der Waals surface area contributed by atoms with Crippen molar-refractivity contribution in [1.29, 1.82) is 0 Å². The number of pyridine rings is 1. The Bertz CT molecular complexity index is 1330. The third-order valence-corrected chi connectivity index (χ3v) is 5.10. The van der Waals surface area contributed by atoms with E-state index in [1.165, 1.54) is 6.07 Å². The average molecular weight is 410 g/mol. The molecule has 0 aliphatic heterocycles. The van der Waals surface area contributed by atoms with Crippen LogP contribution in [0, 0.1) is 19.7 Å². The Morgan fingerprint density at radius 1 is 1.03 bits per heavy atom. The van der Waals surface area contributed by atoms with Gasteiger partial charge >= 0.3 is 0 Å². The molecule has 0 spiro atoms. The quantitative estimate of drug-likeness (QED) is 0.355. The molecule has 0 saturated heterocycles. The van der Waals surface area contributed by atoms with E-state index in [2.05, 4.69) is 21.5 Å². The highest BCUT2D eigenvalue weighted by molar-refractivity contribution is 5.85. The van der Waals surface area contributed by atoms with Crippen LogP contribution in [0.4, 0.5) is 10.1 Å². The lowest BCUT2D eigenvalue weighted by atomic mass is 9.97. The molecule has 4 rings (SSSR count). The first-order valence-corrected chi connectivity index (χ1v) is 10.0. The van der Waals surface area contributed by atoms with E-state index in [9.17, 15) is 4.39 Å². The van der Waals surface area contributed by atoms with Gasteiger partial charge in [0.1, 0.15) is 11.5 Å². The molecule has 2 aromatic carbocycles. The molecule has 0 atom stereocenters. The molecule has 0 aliphatic carbocycles. The Labute approximate surface area is 181 Å². The summed E-state index contributed by atoms with van der Waals surface area (Å²) >= 11 is 0. The topological polar surface area (TPSA) is 51.0 Å². The molecule has 0 bridgehead atoms. The zero-order valence-corrected chi connectivity index (χ0v) is 18.1. The zero-order valence-electron chi connectivity index (χ0n) is 18.1. The monoisotopic (exact) mass is 410 g/mol. The highest BCUT2D eigenvalue weighted by Gasteiger charge is 2.14. The van der Waals surface area contributed by atoms with E-state index in [0.29, 0.717) is 22.6 Å². The van der Waals surface area contributed by atoms with Gasteiger partial charge in [-0.05, 0) is 80.8 Å². The van der Waals surface area contributed by atoms with Crippen LogP contribution in [0.15, 0.2) is 66.4 Å². The molecule has 2 heterocycles. The Balaban J connectivity index is 1.69. The van der Waals surface area contributed by atoms with Crippen LogP contribution in [0.2, 0.25) is 0 Å². The van der Waals surface area contributed by atoms with Crippen molar-refractivity contribution < 1.29 is 4.39 Å². The summed E-state index contributed by atoms with van der Waals surface area (Å²) in [7, 11) is 0. The summed E-state index contributed by atoms with van der Waals surface area (Å²) in [5, 5.41) is 1.03. The number of aryl methyl sites for hydroxylation is 2. The number of nitrogens with zero attached hydrogens (tertiary/aromatic N) is 4. The Kier molecular flexibility index (Phi) is 5.42. The van der Waals surface area contributed by atoms with Gasteiger partial charge in [0.25, 0.3) is 0 Å². The highest BCUT2D eigenvalue weighted by atomic mass is 19.1. The van der Waals surface area contributed by atoms with Crippen molar-refractivity contribution in [2.24, 2.45) is 4.99 Å². The molecule has 0 unspecified atom stereocenters. The SMILES string of the molecule is C=C(c1cc(C)c(N=C(C)C)c(F)c1)c1cnc(-c2ccc3ncccc3c2)nc1C. The Morgan fingerprint density at radius 2 is 1.84 bits per heavy atom. The van der Waals surface area contributed by atoms with E-state index in [1.807, 2.05) is 64.1 Å². The third-order valence-electron chi connectivity index (χ3n) is 5.10. The average Bonchev–Trinajstić information content (AvgIpc) is 2.75. The van der Waals surface area contributed by atoms with E-state index < -0.39 is 0 Å². The first kappa shape index (κ1) is 20.5. The summed E-state index contributed by atoms with van der Waals surface area (Å²) < 4.78 is 14.7. The number of rotatable bonds is 4. The highest BCUT2D eigenvalue weighted by Crippen LogP contribution is 2.31. The molecule has 4 aromatic rings. The molecular weight excluding hydrogens is 387 g/mol. The number of halogens is 1. The van der Waals surface area contributed by atoms with Gasteiger partial charge in [-0.15, -0.1) is 0 Å². The van der Waals surface area contributed by atoms with Crippen LogP contribution < -0.4 is 0 Å². The molecule has 0 saturated carbocycles. The van der Waals surface area contributed by atoms with Crippen molar-refractivity contribution in [1.82, 2.24) is 15.0 Å². The van der Waals surface area contributed by atoms with Crippen molar-refractivity contribution in [2.45, 2.75) is 27.7 Å². The molecule has 4 nitrogen and oxygen atoms in total. The summed E-state index contributed by atoms with van der Waals surface area (Å²) in [5.41, 5.74) is 6.72. The molecule has 31 heavy (non-hydrogen) atoms.